The summed E-state index contributed by atoms with van der Waals surface area (Å²) in [5, 5.41) is 0.807. The molecule has 8 nitrogen and oxygen atoms in total. The molecule has 0 unspecified atom stereocenters. The van der Waals surface area contributed by atoms with Crippen molar-refractivity contribution in [1.29, 1.82) is 0 Å². The van der Waals surface area contributed by atoms with Crippen molar-refractivity contribution >= 4 is 26.4 Å². The highest BCUT2D eigenvalue weighted by molar-refractivity contribution is 8.33. The van der Waals surface area contributed by atoms with Crippen LogP contribution in [0.5, 0.6) is 5.75 Å². The maximum absolute atomic E-state index is 13.6. The van der Waals surface area contributed by atoms with E-state index in [-0.39, 0.29) is 11.5 Å². The van der Waals surface area contributed by atoms with Crippen molar-refractivity contribution in [3.05, 3.63) is 103 Å². The zero-order valence-electron chi connectivity index (χ0n) is 21.2. The topological polar surface area (TPSA) is 105 Å². The highest BCUT2D eigenvalue weighted by Gasteiger charge is 2.40. The zero-order valence-corrected chi connectivity index (χ0v) is 22.8. The van der Waals surface area contributed by atoms with Gasteiger partial charge in [0.05, 0.1) is 4.90 Å². The fraction of sp³-hybridized carbons (Fsp3) is 0.179. The molecule has 2 aromatic carbocycles. The number of hydrogen-bond acceptors (Lipinski definition) is 8. The minimum atomic E-state index is -4.25. The lowest BCUT2D eigenvalue weighted by Gasteiger charge is -2.37. The minimum absolute atomic E-state index is 0.0149. The van der Waals surface area contributed by atoms with E-state index in [2.05, 4.69) is 9.97 Å². The number of carbonyl (C=O) groups is 1. The van der Waals surface area contributed by atoms with Gasteiger partial charge in [-0.15, -0.1) is 0 Å². The number of pyridine rings is 2. The molecule has 2 aromatic heterocycles. The van der Waals surface area contributed by atoms with Gasteiger partial charge in [0.15, 0.2) is 6.61 Å². The van der Waals surface area contributed by atoms with Crippen molar-refractivity contribution in [2.75, 3.05) is 6.61 Å². The Labute approximate surface area is 224 Å². The molecule has 0 saturated heterocycles. The van der Waals surface area contributed by atoms with Gasteiger partial charge in [-0.05, 0) is 81.4 Å². The maximum Gasteiger partial charge on any atom is 0.344 e. The molecule has 0 saturated carbocycles. The maximum atomic E-state index is 13.6. The van der Waals surface area contributed by atoms with Crippen molar-refractivity contribution in [3.63, 3.8) is 0 Å². The highest BCUT2D eigenvalue weighted by Crippen LogP contribution is 2.69. The third kappa shape index (κ3) is 6.39. The first-order valence-electron chi connectivity index (χ1n) is 11.7. The molecule has 0 N–H and O–H groups in total. The van der Waals surface area contributed by atoms with E-state index in [0.717, 1.165) is 0 Å². The molecule has 38 heavy (non-hydrogen) atoms. The quantitative estimate of drug-likeness (QED) is 0.240. The second-order valence-electron chi connectivity index (χ2n) is 9.07. The normalized spacial score (nSPS) is 12.5. The number of benzene rings is 2. The monoisotopic (exact) mass is 552 g/mol. The second kappa shape index (κ2) is 11.3. The molecule has 0 bridgehead atoms. The molecule has 0 fully saturated rings. The molecular formula is C28H28N2O6S2. The molecule has 0 aliphatic carbocycles. The van der Waals surface area contributed by atoms with Gasteiger partial charge in [0.2, 0.25) is 0 Å². The van der Waals surface area contributed by atoms with Crippen LogP contribution in [0.4, 0.5) is 0 Å². The molecule has 2 heterocycles. The third-order valence-electron chi connectivity index (χ3n) is 5.02. The number of aromatic nitrogens is 2. The van der Waals surface area contributed by atoms with Crippen LogP contribution in [0, 0.1) is 0 Å². The van der Waals surface area contributed by atoms with E-state index < -0.39 is 32.0 Å². The summed E-state index contributed by atoms with van der Waals surface area (Å²) in [5.41, 5.74) is -0.625. The van der Waals surface area contributed by atoms with Gasteiger partial charge in [-0.1, -0.05) is 30.3 Å². The van der Waals surface area contributed by atoms with Crippen LogP contribution < -0.4 is 4.74 Å². The molecule has 0 amide bonds. The lowest BCUT2D eigenvalue weighted by atomic mass is 10.2. The molecule has 10 heteroatoms. The minimum Gasteiger partial charge on any atom is -0.482 e. The van der Waals surface area contributed by atoms with Crippen LogP contribution in [-0.4, -0.2) is 36.6 Å². The molecule has 4 aromatic rings. The largest absolute Gasteiger partial charge is 0.482 e. The van der Waals surface area contributed by atoms with E-state index in [4.69, 9.17) is 13.1 Å². The van der Waals surface area contributed by atoms with E-state index in [1.54, 1.807) is 112 Å². The van der Waals surface area contributed by atoms with Crippen molar-refractivity contribution in [3.8, 4) is 5.75 Å². The summed E-state index contributed by atoms with van der Waals surface area (Å²) in [4.78, 5) is 21.6. The first kappa shape index (κ1) is 27.3. The lowest BCUT2D eigenvalue weighted by Crippen LogP contribution is -2.27. The summed E-state index contributed by atoms with van der Waals surface area (Å²) in [5.74, 6) is -0.0957. The Morgan fingerprint density at radius 2 is 1.29 bits per heavy atom. The number of rotatable bonds is 9. The Hall–Kier alpha value is -3.73. The van der Waals surface area contributed by atoms with Crippen LogP contribution >= 0.6 is 10.3 Å². The van der Waals surface area contributed by atoms with Crippen LogP contribution in [0.25, 0.3) is 0 Å². The van der Waals surface area contributed by atoms with Crippen molar-refractivity contribution in [2.45, 2.75) is 46.2 Å². The SMILES string of the molecule is CC(C)(C)OC(=O)COc1ccc(S(OS(=O)(=O)c2ccccc2)(c2ccccn2)c2ccccn2)cc1. The van der Waals surface area contributed by atoms with Crippen LogP contribution in [-0.2, 0) is 23.3 Å². The summed E-state index contributed by atoms with van der Waals surface area (Å²) in [6.07, 6.45) is 3.16. The van der Waals surface area contributed by atoms with E-state index in [0.29, 0.717) is 20.7 Å². The highest BCUT2D eigenvalue weighted by atomic mass is 32.3. The van der Waals surface area contributed by atoms with E-state index >= 15 is 0 Å². The fourth-order valence-corrected chi connectivity index (χ4v) is 8.42. The van der Waals surface area contributed by atoms with E-state index in [1.165, 1.54) is 12.1 Å². The second-order valence-corrected chi connectivity index (χ2v) is 13.4. The summed E-state index contributed by atoms with van der Waals surface area (Å²) in [7, 11) is -7.21. The Bertz CT molecular complexity index is 1420. The van der Waals surface area contributed by atoms with Crippen molar-refractivity contribution < 1.29 is 26.3 Å². The Kier molecular flexibility index (Phi) is 8.15. The van der Waals surface area contributed by atoms with Gasteiger partial charge in [-0.25, -0.2) is 14.8 Å². The molecule has 0 atom stereocenters. The average Bonchev–Trinajstić information content (AvgIpc) is 2.91. The van der Waals surface area contributed by atoms with Gasteiger partial charge in [-0.2, -0.15) is 12.0 Å². The predicted octanol–water partition coefficient (Wildman–Crippen LogP) is 5.80. The summed E-state index contributed by atoms with van der Waals surface area (Å²) < 4.78 is 44.3. The molecule has 198 valence electrons. The molecular weight excluding hydrogens is 524 g/mol. The molecule has 4 rings (SSSR count). The van der Waals surface area contributed by atoms with Gasteiger partial charge in [0.25, 0.3) is 0 Å². The van der Waals surface area contributed by atoms with Gasteiger partial charge < -0.3 is 9.47 Å². The zero-order chi connectivity index (χ0) is 27.2. The summed E-state index contributed by atoms with van der Waals surface area (Å²) in [6.45, 7) is 5.07. The first-order chi connectivity index (χ1) is 18.1. The van der Waals surface area contributed by atoms with Crippen LogP contribution in [0.3, 0.4) is 0 Å². The Balaban J connectivity index is 1.79. The number of ether oxygens (including phenoxy) is 2. The predicted molar refractivity (Wildman–Crippen MR) is 143 cm³/mol. The molecule has 0 spiro atoms. The lowest BCUT2D eigenvalue weighted by molar-refractivity contribution is -0.157. The fourth-order valence-electron chi connectivity index (χ4n) is 3.49. The van der Waals surface area contributed by atoms with Gasteiger partial charge in [0, 0.05) is 27.6 Å². The van der Waals surface area contributed by atoms with Crippen molar-refractivity contribution in [2.24, 2.45) is 0 Å². The van der Waals surface area contributed by atoms with Crippen LogP contribution in [0.2, 0.25) is 0 Å². The number of nitrogens with zero attached hydrogens (tertiary/aromatic N) is 2. The number of carbonyl (C=O) groups excluding carboxylic acids is 1. The Morgan fingerprint density at radius 3 is 1.79 bits per heavy atom. The van der Waals surface area contributed by atoms with Gasteiger partial charge in [-0.3, -0.25) is 0 Å². The summed E-state index contributed by atoms with van der Waals surface area (Å²) in [6, 6.07) is 25.1. The number of esters is 1. The van der Waals surface area contributed by atoms with Gasteiger partial charge in [0.1, 0.15) is 21.4 Å². The van der Waals surface area contributed by atoms with Crippen molar-refractivity contribution in [1.82, 2.24) is 9.97 Å². The average molecular weight is 553 g/mol. The molecule has 0 aliphatic rings. The molecule has 0 radical (unpaired) electrons. The first-order valence-corrected chi connectivity index (χ1v) is 14.7. The Morgan fingerprint density at radius 1 is 0.737 bits per heavy atom. The van der Waals surface area contributed by atoms with Crippen LogP contribution in [0.15, 0.2) is 123 Å². The summed E-state index contributed by atoms with van der Waals surface area (Å²) >= 11 is 0. The van der Waals surface area contributed by atoms with E-state index in [9.17, 15) is 13.2 Å². The van der Waals surface area contributed by atoms with E-state index in [1.807, 2.05) is 0 Å². The standard InChI is InChI=1S/C28H28N2O6S2/c1-28(2,3)35-27(31)21-34-22-15-17-23(18-16-22)37(25-13-7-9-19-29-25,26-14-8-10-20-30-26)36-38(32,33)24-11-5-4-6-12-24/h4-20H,21H2,1-3H3. The van der Waals surface area contributed by atoms with Gasteiger partial charge >= 0.3 is 16.1 Å². The molecule has 0 aliphatic heterocycles. The smallest absolute Gasteiger partial charge is 0.344 e. The third-order valence-corrected chi connectivity index (χ3v) is 10.0. The van der Waals surface area contributed by atoms with Crippen LogP contribution in [0.1, 0.15) is 20.8 Å². The number of hydrogen-bond donors (Lipinski definition) is 0.